The lowest BCUT2D eigenvalue weighted by Gasteiger charge is -2.16. The van der Waals surface area contributed by atoms with Gasteiger partial charge in [-0.3, -0.25) is 9.59 Å². The van der Waals surface area contributed by atoms with E-state index < -0.39 is 6.04 Å². The summed E-state index contributed by atoms with van der Waals surface area (Å²) in [5.74, 6) is -0.0427. The van der Waals surface area contributed by atoms with Crippen LogP contribution in [0.1, 0.15) is 29.5 Å². The first-order valence-electron chi connectivity index (χ1n) is 9.05. The molecule has 1 heterocycles. The standard InChI is InChI=1S/C21H25N3O2/c22-19(13-16-7-2-1-3-8-16)21(26)23-12-6-11-20(25)24-14-17-9-4-5-10-18(17)15-24/h1-5,7-10,19H,6,11-15,22H2,(H,23,26)/t19-/m0/s1. The Kier molecular flexibility index (Phi) is 6.02. The first-order chi connectivity index (χ1) is 12.6. The molecule has 1 aliphatic rings. The molecule has 0 saturated carbocycles. The summed E-state index contributed by atoms with van der Waals surface area (Å²) in [7, 11) is 0. The van der Waals surface area contributed by atoms with Crippen molar-refractivity contribution in [3.8, 4) is 0 Å². The number of hydrogen-bond acceptors (Lipinski definition) is 3. The van der Waals surface area contributed by atoms with E-state index in [-0.39, 0.29) is 11.8 Å². The Balaban J connectivity index is 1.35. The molecular formula is C21H25N3O2. The highest BCUT2D eigenvalue weighted by atomic mass is 16.2. The van der Waals surface area contributed by atoms with Gasteiger partial charge in [0.25, 0.3) is 0 Å². The van der Waals surface area contributed by atoms with Crippen molar-refractivity contribution >= 4 is 11.8 Å². The molecule has 5 heteroatoms. The maximum absolute atomic E-state index is 12.3. The quantitative estimate of drug-likeness (QED) is 0.749. The van der Waals surface area contributed by atoms with Gasteiger partial charge in [-0.1, -0.05) is 54.6 Å². The Morgan fingerprint density at radius 3 is 2.27 bits per heavy atom. The zero-order valence-electron chi connectivity index (χ0n) is 14.9. The van der Waals surface area contributed by atoms with E-state index >= 15 is 0 Å². The highest BCUT2D eigenvalue weighted by Gasteiger charge is 2.22. The van der Waals surface area contributed by atoms with Crippen LogP contribution in [0.4, 0.5) is 0 Å². The Morgan fingerprint density at radius 1 is 1.00 bits per heavy atom. The zero-order chi connectivity index (χ0) is 18.4. The molecule has 0 aromatic heterocycles. The molecule has 0 bridgehead atoms. The van der Waals surface area contributed by atoms with Gasteiger partial charge >= 0.3 is 0 Å². The number of nitrogens with two attached hydrogens (primary N) is 1. The zero-order valence-corrected chi connectivity index (χ0v) is 14.9. The van der Waals surface area contributed by atoms with Crippen LogP contribution < -0.4 is 11.1 Å². The molecule has 136 valence electrons. The lowest BCUT2D eigenvalue weighted by atomic mass is 10.1. The second-order valence-corrected chi connectivity index (χ2v) is 6.71. The minimum absolute atomic E-state index is 0.129. The fraction of sp³-hybridized carbons (Fsp3) is 0.333. The van der Waals surface area contributed by atoms with E-state index in [1.54, 1.807) is 0 Å². The largest absolute Gasteiger partial charge is 0.355 e. The summed E-state index contributed by atoms with van der Waals surface area (Å²) in [6, 6.07) is 17.3. The third-order valence-electron chi connectivity index (χ3n) is 4.70. The number of benzene rings is 2. The van der Waals surface area contributed by atoms with Gasteiger partial charge in [-0.05, 0) is 29.5 Å². The highest BCUT2D eigenvalue weighted by Crippen LogP contribution is 2.22. The molecule has 1 aliphatic heterocycles. The summed E-state index contributed by atoms with van der Waals surface area (Å²) >= 11 is 0. The number of carbonyl (C=O) groups excluding carboxylic acids is 2. The molecule has 0 fully saturated rings. The smallest absolute Gasteiger partial charge is 0.237 e. The molecule has 3 N–H and O–H groups in total. The molecule has 2 aromatic carbocycles. The van der Waals surface area contributed by atoms with Crippen molar-refractivity contribution in [2.75, 3.05) is 6.54 Å². The Hall–Kier alpha value is -2.66. The maximum Gasteiger partial charge on any atom is 0.237 e. The van der Waals surface area contributed by atoms with Crippen LogP contribution in [0.3, 0.4) is 0 Å². The molecule has 5 nitrogen and oxygen atoms in total. The summed E-state index contributed by atoms with van der Waals surface area (Å²) in [5, 5.41) is 2.83. The van der Waals surface area contributed by atoms with Crippen molar-refractivity contribution in [3.05, 3.63) is 71.3 Å². The normalized spacial score (nSPS) is 14.0. The van der Waals surface area contributed by atoms with Gasteiger partial charge in [-0.2, -0.15) is 0 Å². The number of fused-ring (bicyclic) bond motifs is 1. The van der Waals surface area contributed by atoms with Crippen LogP contribution >= 0.6 is 0 Å². The molecule has 2 aromatic rings. The summed E-state index contributed by atoms with van der Waals surface area (Å²) in [5.41, 5.74) is 9.44. The van der Waals surface area contributed by atoms with Gasteiger partial charge < -0.3 is 16.0 Å². The van der Waals surface area contributed by atoms with Crippen LogP contribution in [0.5, 0.6) is 0 Å². The Morgan fingerprint density at radius 2 is 1.62 bits per heavy atom. The molecule has 2 amide bonds. The average Bonchev–Trinajstić information content (AvgIpc) is 3.10. The number of hydrogen-bond donors (Lipinski definition) is 2. The summed E-state index contributed by atoms with van der Waals surface area (Å²) < 4.78 is 0. The van der Waals surface area contributed by atoms with E-state index in [9.17, 15) is 9.59 Å². The van der Waals surface area contributed by atoms with E-state index in [4.69, 9.17) is 5.73 Å². The average molecular weight is 351 g/mol. The molecule has 0 spiro atoms. The number of nitrogens with zero attached hydrogens (tertiary/aromatic N) is 1. The Bertz CT molecular complexity index is 736. The van der Waals surface area contributed by atoms with Gasteiger partial charge in [-0.25, -0.2) is 0 Å². The fourth-order valence-electron chi connectivity index (χ4n) is 3.21. The number of carbonyl (C=O) groups is 2. The van der Waals surface area contributed by atoms with Gasteiger partial charge in [0.05, 0.1) is 6.04 Å². The summed E-state index contributed by atoms with van der Waals surface area (Å²) in [6.45, 7) is 1.83. The van der Waals surface area contributed by atoms with Crippen molar-refractivity contribution in [1.82, 2.24) is 10.2 Å². The molecule has 3 rings (SSSR count). The van der Waals surface area contributed by atoms with Crippen LogP contribution in [0.2, 0.25) is 0 Å². The van der Waals surface area contributed by atoms with Crippen LogP contribution in [-0.2, 0) is 29.1 Å². The lowest BCUT2D eigenvalue weighted by molar-refractivity contribution is -0.132. The van der Waals surface area contributed by atoms with E-state index in [2.05, 4.69) is 17.4 Å². The van der Waals surface area contributed by atoms with E-state index in [0.29, 0.717) is 38.9 Å². The minimum atomic E-state index is -0.568. The second kappa shape index (κ2) is 8.63. The molecule has 26 heavy (non-hydrogen) atoms. The number of nitrogens with one attached hydrogen (secondary N) is 1. The molecule has 1 atom stereocenters. The lowest BCUT2D eigenvalue weighted by Crippen LogP contribution is -2.42. The van der Waals surface area contributed by atoms with Gasteiger partial charge in [0.1, 0.15) is 0 Å². The number of rotatable bonds is 7. The van der Waals surface area contributed by atoms with Crippen molar-refractivity contribution < 1.29 is 9.59 Å². The second-order valence-electron chi connectivity index (χ2n) is 6.71. The van der Waals surface area contributed by atoms with Gasteiger partial charge in [0.2, 0.25) is 11.8 Å². The van der Waals surface area contributed by atoms with Crippen LogP contribution in [0.25, 0.3) is 0 Å². The van der Waals surface area contributed by atoms with E-state index in [1.165, 1.54) is 11.1 Å². The van der Waals surface area contributed by atoms with Crippen LogP contribution in [0, 0.1) is 0 Å². The first-order valence-corrected chi connectivity index (χ1v) is 9.05. The summed E-state index contributed by atoms with van der Waals surface area (Å²) in [6.07, 6.45) is 1.56. The fourth-order valence-corrected chi connectivity index (χ4v) is 3.21. The minimum Gasteiger partial charge on any atom is -0.355 e. The molecule has 0 radical (unpaired) electrons. The van der Waals surface area contributed by atoms with Crippen molar-refractivity contribution in [2.45, 2.75) is 38.4 Å². The van der Waals surface area contributed by atoms with Crippen molar-refractivity contribution in [1.29, 1.82) is 0 Å². The molecular weight excluding hydrogens is 326 g/mol. The highest BCUT2D eigenvalue weighted by molar-refractivity contribution is 5.82. The van der Waals surface area contributed by atoms with E-state index in [0.717, 1.165) is 5.56 Å². The Labute approximate surface area is 154 Å². The van der Waals surface area contributed by atoms with Gasteiger partial charge in [0.15, 0.2) is 0 Å². The topological polar surface area (TPSA) is 75.4 Å². The SMILES string of the molecule is N[C@@H](Cc1ccccc1)C(=O)NCCCC(=O)N1Cc2ccccc2C1. The van der Waals surface area contributed by atoms with Crippen molar-refractivity contribution in [2.24, 2.45) is 5.73 Å². The summed E-state index contributed by atoms with van der Waals surface area (Å²) in [4.78, 5) is 26.3. The van der Waals surface area contributed by atoms with Crippen LogP contribution in [-0.4, -0.2) is 29.3 Å². The number of amides is 2. The molecule has 0 aliphatic carbocycles. The third kappa shape index (κ3) is 4.70. The third-order valence-corrected chi connectivity index (χ3v) is 4.70. The van der Waals surface area contributed by atoms with Gasteiger partial charge in [-0.15, -0.1) is 0 Å². The molecule has 0 unspecified atom stereocenters. The first kappa shape index (κ1) is 18.1. The predicted molar refractivity (Wildman–Crippen MR) is 101 cm³/mol. The van der Waals surface area contributed by atoms with Gasteiger partial charge in [0, 0.05) is 26.1 Å². The van der Waals surface area contributed by atoms with Crippen LogP contribution in [0.15, 0.2) is 54.6 Å². The molecule has 0 saturated heterocycles. The van der Waals surface area contributed by atoms with E-state index in [1.807, 2.05) is 47.4 Å². The monoisotopic (exact) mass is 351 g/mol. The predicted octanol–water partition coefficient (Wildman–Crippen LogP) is 2.00. The van der Waals surface area contributed by atoms with Crippen molar-refractivity contribution in [3.63, 3.8) is 0 Å². The maximum atomic E-state index is 12.3.